The molecule has 0 radical (unpaired) electrons. The van der Waals surface area contributed by atoms with Gasteiger partial charge in [-0.15, -0.1) is 0 Å². The molecule has 0 spiro atoms. The third-order valence-electron chi connectivity index (χ3n) is 5.72. The molecule has 2 aliphatic heterocycles. The third kappa shape index (κ3) is 3.72. The fourth-order valence-electron chi connectivity index (χ4n) is 3.99. The summed E-state index contributed by atoms with van der Waals surface area (Å²) in [6.07, 6.45) is 5.00. The molecule has 7 heteroatoms. The molecule has 148 valence electrons. The zero-order chi connectivity index (χ0) is 19.4. The number of amides is 1. The van der Waals surface area contributed by atoms with Gasteiger partial charge in [-0.3, -0.25) is 9.78 Å². The van der Waals surface area contributed by atoms with Gasteiger partial charge in [0.15, 0.2) is 0 Å². The van der Waals surface area contributed by atoms with Crippen LogP contribution >= 0.6 is 0 Å². The number of aromatic nitrogens is 2. The first-order valence-electron chi connectivity index (χ1n) is 9.76. The summed E-state index contributed by atoms with van der Waals surface area (Å²) in [7, 11) is 1.78. The second-order valence-corrected chi connectivity index (χ2v) is 7.22. The molecule has 0 aliphatic carbocycles. The average Bonchev–Trinajstić information content (AvgIpc) is 2.80. The Labute approximate surface area is 165 Å². The number of carbonyl (C=O) groups excluding carboxylic acids is 1. The highest BCUT2D eigenvalue weighted by atomic mass is 16.5. The topological polar surface area (TPSA) is 67.8 Å². The van der Waals surface area contributed by atoms with E-state index in [0.717, 1.165) is 31.7 Å². The first-order valence-corrected chi connectivity index (χ1v) is 9.76. The van der Waals surface area contributed by atoms with Crippen molar-refractivity contribution in [3.63, 3.8) is 0 Å². The Bertz CT molecular complexity index is 800. The number of carbonyl (C=O) groups is 1. The van der Waals surface area contributed by atoms with Crippen LogP contribution in [0.4, 0.5) is 5.82 Å². The molecule has 0 saturated carbocycles. The lowest BCUT2D eigenvalue weighted by molar-refractivity contribution is -0.0347. The highest BCUT2D eigenvalue weighted by molar-refractivity contribution is 5.92. The van der Waals surface area contributed by atoms with Crippen LogP contribution in [0.5, 0.6) is 0 Å². The van der Waals surface area contributed by atoms with E-state index in [0.29, 0.717) is 32.0 Å². The number of methoxy groups -OCH3 is 1. The van der Waals surface area contributed by atoms with E-state index >= 15 is 0 Å². The number of rotatable bonds is 4. The van der Waals surface area contributed by atoms with Gasteiger partial charge >= 0.3 is 0 Å². The molecule has 1 aromatic heterocycles. The summed E-state index contributed by atoms with van der Waals surface area (Å²) in [6.45, 7) is 3.94. The van der Waals surface area contributed by atoms with Crippen molar-refractivity contribution in [1.29, 1.82) is 0 Å². The molecule has 28 heavy (non-hydrogen) atoms. The Kier molecular flexibility index (Phi) is 5.54. The molecule has 0 bridgehead atoms. The average molecular weight is 382 g/mol. The molecule has 0 N–H and O–H groups in total. The predicted molar refractivity (Wildman–Crippen MR) is 105 cm³/mol. The van der Waals surface area contributed by atoms with Crippen molar-refractivity contribution in [2.45, 2.75) is 18.4 Å². The van der Waals surface area contributed by atoms with Gasteiger partial charge in [0.2, 0.25) is 0 Å². The Hall–Kier alpha value is -2.51. The van der Waals surface area contributed by atoms with Crippen LogP contribution in [0.3, 0.4) is 0 Å². The monoisotopic (exact) mass is 382 g/mol. The zero-order valence-electron chi connectivity index (χ0n) is 16.2. The van der Waals surface area contributed by atoms with Gasteiger partial charge in [0, 0.05) is 33.3 Å². The van der Waals surface area contributed by atoms with E-state index in [9.17, 15) is 4.79 Å². The van der Waals surface area contributed by atoms with Crippen LogP contribution in [-0.4, -0.2) is 67.3 Å². The van der Waals surface area contributed by atoms with Crippen molar-refractivity contribution in [2.24, 2.45) is 0 Å². The predicted octanol–water partition coefficient (Wildman–Crippen LogP) is 2.09. The van der Waals surface area contributed by atoms with Gasteiger partial charge in [-0.2, -0.15) is 0 Å². The summed E-state index contributed by atoms with van der Waals surface area (Å²) in [6, 6.07) is 10.4. The fraction of sp³-hybridized carbons (Fsp3) is 0.476. The molecule has 1 aromatic carbocycles. The van der Waals surface area contributed by atoms with E-state index in [1.807, 2.05) is 6.07 Å². The molecule has 0 unspecified atom stereocenters. The highest BCUT2D eigenvalue weighted by Crippen LogP contribution is 2.37. The van der Waals surface area contributed by atoms with Crippen LogP contribution < -0.4 is 4.90 Å². The van der Waals surface area contributed by atoms with Gasteiger partial charge in [-0.05, 0) is 18.4 Å². The molecule has 2 aromatic rings. The van der Waals surface area contributed by atoms with E-state index in [4.69, 9.17) is 9.47 Å². The van der Waals surface area contributed by atoms with Crippen molar-refractivity contribution >= 4 is 11.7 Å². The van der Waals surface area contributed by atoms with E-state index in [1.54, 1.807) is 24.4 Å². The Morgan fingerprint density at radius 3 is 2.46 bits per heavy atom. The number of hydrogen-bond acceptors (Lipinski definition) is 6. The number of ether oxygens (including phenoxy) is 2. The Morgan fingerprint density at radius 1 is 1.07 bits per heavy atom. The minimum atomic E-state index is -0.271. The van der Waals surface area contributed by atoms with E-state index in [2.05, 4.69) is 39.1 Å². The molecular weight excluding hydrogens is 356 g/mol. The summed E-state index contributed by atoms with van der Waals surface area (Å²) in [4.78, 5) is 25.5. The van der Waals surface area contributed by atoms with Crippen LogP contribution in [-0.2, 0) is 15.1 Å². The second kappa shape index (κ2) is 8.24. The van der Waals surface area contributed by atoms with Gasteiger partial charge < -0.3 is 19.3 Å². The summed E-state index contributed by atoms with van der Waals surface area (Å²) < 4.78 is 11.3. The maximum absolute atomic E-state index is 12.7. The molecule has 2 fully saturated rings. The summed E-state index contributed by atoms with van der Waals surface area (Å²) in [5, 5.41) is 0. The van der Waals surface area contributed by atoms with Gasteiger partial charge in [-0.25, -0.2) is 4.98 Å². The smallest absolute Gasteiger partial charge is 0.274 e. The summed E-state index contributed by atoms with van der Waals surface area (Å²) >= 11 is 0. The highest BCUT2D eigenvalue weighted by Gasteiger charge is 2.36. The van der Waals surface area contributed by atoms with Crippen LogP contribution in [0.25, 0.3) is 0 Å². The van der Waals surface area contributed by atoms with Crippen molar-refractivity contribution in [2.75, 3.05) is 51.4 Å². The molecule has 0 atom stereocenters. The molecule has 7 nitrogen and oxygen atoms in total. The lowest BCUT2D eigenvalue weighted by Crippen LogP contribution is -2.44. The van der Waals surface area contributed by atoms with Crippen molar-refractivity contribution in [3.8, 4) is 0 Å². The lowest BCUT2D eigenvalue weighted by Gasteiger charge is -2.41. The molecule has 3 heterocycles. The minimum Gasteiger partial charge on any atom is -0.378 e. The third-order valence-corrected chi connectivity index (χ3v) is 5.72. The zero-order valence-corrected chi connectivity index (χ0v) is 16.2. The van der Waals surface area contributed by atoms with Gasteiger partial charge in [0.1, 0.15) is 11.5 Å². The lowest BCUT2D eigenvalue weighted by atomic mass is 9.84. The molecule has 2 saturated heterocycles. The van der Waals surface area contributed by atoms with Crippen molar-refractivity contribution in [1.82, 2.24) is 14.9 Å². The van der Waals surface area contributed by atoms with E-state index in [1.165, 1.54) is 5.56 Å². The van der Waals surface area contributed by atoms with Crippen LogP contribution in [0.2, 0.25) is 0 Å². The number of morpholine rings is 1. The maximum Gasteiger partial charge on any atom is 0.274 e. The SMILES string of the molecule is COC1(c2ccccc2)CCN(c2cncc(C(=O)N3CCOCC3)n2)CC1. The second-order valence-electron chi connectivity index (χ2n) is 7.22. The van der Waals surface area contributed by atoms with Crippen molar-refractivity contribution in [3.05, 3.63) is 54.0 Å². The van der Waals surface area contributed by atoms with Gasteiger partial charge in [0.05, 0.1) is 31.2 Å². The van der Waals surface area contributed by atoms with Crippen LogP contribution in [0.15, 0.2) is 42.7 Å². The maximum atomic E-state index is 12.7. The standard InChI is InChI=1S/C21H26N4O3/c1-27-21(17-5-3-2-4-6-17)7-9-24(10-8-21)19-16-22-15-18(23-19)20(26)25-11-13-28-14-12-25/h2-6,15-16H,7-14H2,1H3. The Morgan fingerprint density at radius 2 is 1.79 bits per heavy atom. The van der Waals surface area contributed by atoms with Crippen molar-refractivity contribution < 1.29 is 14.3 Å². The summed E-state index contributed by atoms with van der Waals surface area (Å²) in [5.41, 5.74) is 1.33. The number of piperidine rings is 1. The van der Waals surface area contributed by atoms with Crippen LogP contribution in [0, 0.1) is 0 Å². The number of nitrogens with zero attached hydrogens (tertiary/aromatic N) is 4. The minimum absolute atomic E-state index is 0.0785. The molecule has 1 amide bonds. The largest absolute Gasteiger partial charge is 0.378 e. The molecule has 2 aliphatic rings. The van der Waals surface area contributed by atoms with E-state index in [-0.39, 0.29) is 11.5 Å². The Balaban J connectivity index is 1.47. The number of benzene rings is 1. The fourth-order valence-corrected chi connectivity index (χ4v) is 3.99. The molecular formula is C21H26N4O3. The first kappa shape index (κ1) is 18.8. The number of hydrogen-bond donors (Lipinski definition) is 0. The number of anilines is 1. The first-order chi connectivity index (χ1) is 13.7. The normalized spacial score (nSPS) is 19.5. The quantitative estimate of drug-likeness (QED) is 0.807. The van der Waals surface area contributed by atoms with E-state index < -0.39 is 0 Å². The van der Waals surface area contributed by atoms with Crippen LogP contribution in [0.1, 0.15) is 28.9 Å². The van der Waals surface area contributed by atoms with Gasteiger partial charge in [0.25, 0.3) is 5.91 Å². The molecule has 4 rings (SSSR count). The van der Waals surface area contributed by atoms with Gasteiger partial charge in [-0.1, -0.05) is 30.3 Å². The summed E-state index contributed by atoms with van der Waals surface area (Å²) in [5.74, 6) is 0.669.